The first-order chi connectivity index (χ1) is 9.20. The minimum atomic E-state index is -4.90. The van der Waals surface area contributed by atoms with E-state index in [-0.39, 0.29) is 10.6 Å². The van der Waals surface area contributed by atoms with E-state index in [4.69, 9.17) is 5.11 Å². The lowest BCUT2D eigenvalue weighted by Crippen LogP contribution is -2.11. The number of benzene rings is 1. The maximum absolute atomic E-state index is 13.7. The van der Waals surface area contributed by atoms with Gasteiger partial charge in [-0.1, -0.05) is 6.07 Å². The van der Waals surface area contributed by atoms with Crippen molar-refractivity contribution in [2.75, 3.05) is 0 Å². The number of aromatic carboxylic acids is 1. The van der Waals surface area contributed by atoms with Crippen molar-refractivity contribution in [1.29, 1.82) is 0 Å². The Morgan fingerprint density at radius 2 is 2.00 bits per heavy atom. The van der Waals surface area contributed by atoms with Crippen LogP contribution in [-0.4, -0.2) is 16.1 Å². The fraction of sp³-hybridized carbons (Fsp3) is 0.167. The molecule has 2 rings (SSSR count). The van der Waals surface area contributed by atoms with Crippen molar-refractivity contribution in [3.63, 3.8) is 0 Å². The fourth-order valence-corrected chi connectivity index (χ4v) is 2.52. The highest BCUT2D eigenvalue weighted by Crippen LogP contribution is 2.38. The molecule has 2 aromatic rings. The number of rotatable bonds is 2. The molecule has 0 aliphatic heterocycles. The van der Waals surface area contributed by atoms with Crippen LogP contribution in [0.5, 0.6) is 0 Å². The Morgan fingerprint density at radius 3 is 2.45 bits per heavy atom. The number of carbonyl (C=O) groups is 1. The van der Waals surface area contributed by atoms with Crippen LogP contribution in [0, 0.1) is 12.7 Å². The van der Waals surface area contributed by atoms with Crippen molar-refractivity contribution in [3.05, 3.63) is 40.2 Å². The number of hydrogen-bond acceptors (Lipinski definition) is 3. The summed E-state index contributed by atoms with van der Waals surface area (Å²) in [6.07, 6.45) is -4.90. The quantitative estimate of drug-likeness (QED) is 0.854. The van der Waals surface area contributed by atoms with Gasteiger partial charge in [0.2, 0.25) is 0 Å². The second-order valence-corrected chi connectivity index (χ2v) is 4.98. The number of halogens is 4. The standard InChI is InChI=1S/C12H7F4NO2S/c1-5-2-3-6(7(13)4-5)10-17-9(12(14,15)16)8(20-10)11(18)19/h2-4H,1H3,(H,18,19). The minimum absolute atomic E-state index is 0.154. The number of carboxylic acid groups (broad SMARTS) is 1. The van der Waals surface area contributed by atoms with E-state index in [9.17, 15) is 22.4 Å². The zero-order valence-corrected chi connectivity index (χ0v) is 10.8. The van der Waals surface area contributed by atoms with Crippen molar-refractivity contribution < 1.29 is 27.5 Å². The summed E-state index contributed by atoms with van der Waals surface area (Å²) in [5.74, 6) is -2.49. The highest BCUT2D eigenvalue weighted by atomic mass is 32.1. The topological polar surface area (TPSA) is 50.2 Å². The second kappa shape index (κ2) is 4.86. The van der Waals surface area contributed by atoms with E-state index in [0.717, 1.165) is 6.07 Å². The number of aryl methyl sites for hydroxylation is 1. The van der Waals surface area contributed by atoms with Crippen LogP contribution in [0.3, 0.4) is 0 Å². The number of aromatic nitrogens is 1. The first-order valence-electron chi connectivity index (χ1n) is 5.28. The molecule has 0 amide bonds. The highest BCUT2D eigenvalue weighted by molar-refractivity contribution is 7.17. The molecule has 0 bridgehead atoms. The van der Waals surface area contributed by atoms with Gasteiger partial charge in [0.1, 0.15) is 15.7 Å². The van der Waals surface area contributed by atoms with Gasteiger partial charge in [-0.3, -0.25) is 0 Å². The first-order valence-corrected chi connectivity index (χ1v) is 6.09. The molecular weight excluding hydrogens is 298 g/mol. The molecule has 106 valence electrons. The highest BCUT2D eigenvalue weighted by Gasteiger charge is 2.40. The van der Waals surface area contributed by atoms with Crippen molar-refractivity contribution in [3.8, 4) is 10.6 Å². The molecule has 0 saturated carbocycles. The summed E-state index contributed by atoms with van der Waals surface area (Å²) >= 11 is 0.297. The van der Waals surface area contributed by atoms with Crippen LogP contribution >= 0.6 is 11.3 Å². The smallest absolute Gasteiger partial charge is 0.435 e. The lowest BCUT2D eigenvalue weighted by Gasteiger charge is -2.03. The van der Waals surface area contributed by atoms with E-state index >= 15 is 0 Å². The van der Waals surface area contributed by atoms with Crippen molar-refractivity contribution in [2.24, 2.45) is 0 Å². The van der Waals surface area contributed by atoms with Crippen LogP contribution in [0.15, 0.2) is 18.2 Å². The Hall–Kier alpha value is -1.96. The molecule has 3 nitrogen and oxygen atoms in total. The summed E-state index contributed by atoms with van der Waals surface area (Å²) in [5.41, 5.74) is -1.07. The van der Waals surface area contributed by atoms with Gasteiger partial charge < -0.3 is 5.11 Å². The Balaban J connectivity index is 2.62. The van der Waals surface area contributed by atoms with Gasteiger partial charge in [-0.2, -0.15) is 13.2 Å². The number of thiazole rings is 1. The van der Waals surface area contributed by atoms with Gasteiger partial charge >= 0.3 is 12.1 Å². The van der Waals surface area contributed by atoms with Crippen LogP contribution < -0.4 is 0 Å². The Morgan fingerprint density at radius 1 is 1.35 bits per heavy atom. The maximum Gasteiger partial charge on any atom is 0.435 e. The van der Waals surface area contributed by atoms with Gasteiger partial charge in [0.05, 0.1) is 0 Å². The van der Waals surface area contributed by atoms with E-state index in [0.29, 0.717) is 16.9 Å². The molecule has 0 spiro atoms. The first kappa shape index (κ1) is 14.4. The predicted molar refractivity (Wildman–Crippen MR) is 64.2 cm³/mol. The van der Waals surface area contributed by atoms with Gasteiger partial charge in [0, 0.05) is 5.56 Å². The summed E-state index contributed by atoms with van der Waals surface area (Å²) in [5, 5.41) is 8.47. The Kier molecular flexibility index (Phi) is 3.51. The lowest BCUT2D eigenvalue weighted by atomic mass is 10.1. The largest absolute Gasteiger partial charge is 0.477 e. The molecule has 0 fully saturated rings. The Bertz CT molecular complexity index is 679. The zero-order valence-electron chi connectivity index (χ0n) is 9.95. The molecule has 1 N–H and O–H groups in total. The molecule has 1 heterocycles. The monoisotopic (exact) mass is 305 g/mol. The third-order valence-corrected chi connectivity index (χ3v) is 3.52. The molecule has 8 heteroatoms. The van der Waals surface area contributed by atoms with Crippen molar-refractivity contribution >= 4 is 17.3 Å². The summed E-state index contributed by atoms with van der Waals surface area (Å²) in [6, 6.07) is 3.92. The zero-order chi connectivity index (χ0) is 15.1. The second-order valence-electron chi connectivity index (χ2n) is 3.98. The molecule has 0 unspecified atom stereocenters. The van der Waals surface area contributed by atoms with E-state index in [1.165, 1.54) is 12.1 Å². The maximum atomic E-state index is 13.7. The predicted octanol–water partition coefficient (Wildman–Crippen LogP) is 3.97. The third-order valence-electron chi connectivity index (χ3n) is 2.44. The summed E-state index contributed by atoms with van der Waals surface area (Å²) in [7, 11) is 0. The minimum Gasteiger partial charge on any atom is -0.477 e. The van der Waals surface area contributed by atoms with E-state index in [2.05, 4.69) is 4.98 Å². The average molecular weight is 305 g/mol. The van der Waals surface area contributed by atoms with Crippen LogP contribution in [0.4, 0.5) is 17.6 Å². The van der Waals surface area contributed by atoms with Crippen LogP contribution in [-0.2, 0) is 6.18 Å². The van der Waals surface area contributed by atoms with Crippen LogP contribution in [0.25, 0.3) is 10.6 Å². The molecule has 0 atom stereocenters. The molecule has 1 aromatic carbocycles. The van der Waals surface area contributed by atoms with Gasteiger partial charge in [0.25, 0.3) is 0 Å². The normalized spacial score (nSPS) is 11.7. The molecule has 1 aromatic heterocycles. The van der Waals surface area contributed by atoms with E-state index in [1.54, 1.807) is 6.92 Å². The molecule has 0 saturated heterocycles. The number of alkyl halides is 3. The lowest BCUT2D eigenvalue weighted by molar-refractivity contribution is -0.141. The van der Waals surface area contributed by atoms with Crippen molar-refractivity contribution in [2.45, 2.75) is 13.1 Å². The summed E-state index contributed by atoms with van der Waals surface area (Å²) in [4.78, 5) is 13.1. The SMILES string of the molecule is Cc1ccc(-c2nc(C(F)(F)F)c(C(=O)O)s2)c(F)c1. The molecule has 20 heavy (non-hydrogen) atoms. The van der Waals surface area contributed by atoms with Crippen molar-refractivity contribution in [1.82, 2.24) is 4.98 Å². The number of carboxylic acids is 1. The van der Waals surface area contributed by atoms with Crippen LogP contribution in [0.2, 0.25) is 0 Å². The molecule has 0 aliphatic rings. The average Bonchev–Trinajstić information content (AvgIpc) is 2.73. The molecular formula is C12H7F4NO2S. The fourth-order valence-electron chi connectivity index (χ4n) is 1.57. The summed E-state index contributed by atoms with van der Waals surface area (Å²) < 4.78 is 51.8. The van der Waals surface area contributed by atoms with Gasteiger partial charge in [0.15, 0.2) is 5.69 Å². The molecule has 0 radical (unpaired) electrons. The van der Waals surface area contributed by atoms with Gasteiger partial charge in [-0.15, -0.1) is 11.3 Å². The Labute approximate surface area is 114 Å². The third kappa shape index (κ3) is 2.64. The number of hydrogen-bond donors (Lipinski definition) is 1. The molecule has 0 aliphatic carbocycles. The van der Waals surface area contributed by atoms with E-state index in [1.807, 2.05) is 0 Å². The number of nitrogens with zero attached hydrogens (tertiary/aromatic N) is 1. The summed E-state index contributed by atoms with van der Waals surface area (Å²) in [6.45, 7) is 1.62. The van der Waals surface area contributed by atoms with Crippen LogP contribution in [0.1, 0.15) is 20.9 Å². The van der Waals surface area contributed by atoms with Gasteiger partial charge in [-0.05, 0) is 24.6 Å². The van der Waals surface area contributed by atoms with Gasteiger partial charge in [-0.25, -0.2) is 14.2 Å². The van der Waals surface area contributed by atoms with E-state index < -0.39 is 28.5 Å².